The maximum atomic E-state index is 11.7. The predicted molar refractivity (Wildman–Crippen MR) is 81.9 cm³/mol. The Bertz CT molecular complexity index is 490. The van der Waals surface area contributed by atoms with Crippen LogP contribution in [-0.4, -0.2) is 11.1 Å². The molecule has 1 aromatic rings. The Morgan fingerprint density at radius 1 is 1.30 bits per heavy atom. The molecule has 1 saturated carbocycles. The van der Waals surface area contributed by atoms with Gasteiger partial charge in [0.05, 0.1) is 5.92 Å². The van der Waals surface area contributed by atoms with Gasteiger partial charge >= 0.3 is 5.97 Å². The minimum absolute atomic E-state index is 0.461. The Balaban J connectivity index is 2.26. The van der Waals surface area contributed by atoms with Crippen LogP contribution < -0.4 is 5.73 Å². The van der Waals surface area contributed by atoms with Gasteiger partial charge in [0.15, 0.2) is 0 Å². The lowest BCUT2D eigenvalue weighted by Crippen LogP contribution is -2.19. The number of carboxylic acids is 1. The van der Waals surface area contributed by atoms with Crippen molar-refractivity contribution in [1.29, 1.82) is 0 Å². The molecule has 1 aliphatic carbocycles. The molecule has 3 heteroatoms. The van der Waals surface area contributed by atoms with Crippen LogP contribution in [0.2, 0.25) is 0 Å². The average molecular weight is 275 g/mol. The Hall–Kier alpha value is -1.51. The van der Waals surface area contributed by atoms with Gasteiger partial charge in [-0.25, -0.2) is 0 Å². The van der Waals surface area contributed by atoms with Crippen LogP contribution in [0.1, 0.15) is 61.1 Å². The smallest absolute Gasteiger partial charge is 0.311 e. The molecule has 0 amide bonds. The van der Waals surface area contributed by atoms with Crippen molar-refractivity contribution in [1.82, 2.24) is 0 Å². The molecule has 1 fully saturated rings. The molecule has 0 aliphatic heterocycles. The van der Waals surface area contributed by atoms with Crippen LogP contribution in [0.25, 0.3) is 0 Å². The summed E-state index contributed by atoms with van der Waals surface area (Å²) in [6, 6.07) is 3.96. The molecular formula is C17H25NO2. The van der Waals surface area contributed by atoms with E-state index in [1.54, 1.807) is 0 Å². The van der Waals surface area contributed by atoms with E-state index in [1.165, 1.54) is 19.3 Å². The van der Waals surface area contributed by atoms with Gasteiger partial charge in [-0.05, 0) is 37.3 Å². The zero-order valence-corrected chi connectivity index (χ0v) is 12.5. The van der Waals surface area contributed by atoms with Crippen LogP contribution in [0, 0.1) is 19.8 Å². The van der Waals surface area contributed by atoms with Gasteiger partial charge in [-0.15, -0.1) is 0 Å². The van der Waals surface area contributed by atoms with Crippen molar-refractivity contribution in [3.63, 3.8) is 0 Å². The van der Waals surface area contributed by atoms with Crippen molar-refractivity contribution in [2.45, 2.75) is 58.3 Å². The summed E-state index contributed by atoms with van der Waals surface area (Å²) in [6.07, 6.45) is 6.81. The molecule has 1 aliphatic rings. The highest BCUT2D eigenvalue weighted by atomic mass is 16.4. The summed E-state index contributed by atoms with van der Waals surface area (Å²) in [6.45, 7) is 3.95. The van der Waals surface area contributed by atoms with E-state index in [0.717, 1.165) is 36.0 Å². The zero-order valence-electron chi connectivity index (χ0n) is 12.5. The summed E-state index contributed by atoms with van der Waals surface area (Å²) in [7, 11) is 0. The van der Waals surface area contributed by atoms with Gasteiger partial charge < -0.3 is 10.8 Å². The molecule has 0 saturated heterocycles. The Kier molecular flexibility index (Phi) is 4.69. The number of anilines is 1. The molecule has 0 aromatic heterocycles. The normalized spacial score (nSPS) is 17.9. The molecule has 1 aromatic carbocycles. The van der Waals surface area contributed by atoms with Gasteiger partial charge in [0.25, 0.3) is 0 Å². The lowest BCUT2D eigenvalue weighted by Gasteiger charge is -2.26. The SMILES string of the molecule is Cc1cc(C)c(N)c(C(CC2CCCCC2)C(=O)O)c1. The van der Waals surface area contributed by atoms with Gasteiger partial charge in [-0.1, -0.05) is 49.8 Å². The van der Waals surface area contributed by atoms with Gasteiger partial charge in [0.2, 0.25) is 0 Å². The lowest BCUT2D eigenvalue weighted by molar-refractivity contribution is -0.139. The van der Waals surface area contributed by atoms with E-state index in [2.05, 4.69) is 0 Å². The van der Waals surface area contributed by atoms with Crippen molar-refractivity contribution < 1.29 is 9.90 Å². The number of nitrogens with two attached hydrogens (primary N) is 1. The Morgan fingerprint density at radius 3 is 2.55 bits per heavy atom. The summed E-state index contributed by atoms with van der Waals surface area (Å²) < 4.78 is 0. The van der Waals surface area contributed by atoms with Crippen LogP contribution in [0.5, 0.6) is 0 Å². The summed E-state index contributed by atoms with van der Waals surface area (Å²) in [4.78, 5) is 11.7. The number of hydrogen-bond acceptors (Lipinski definition) is 2. The van der Waals surface area contributed by atoms with Crippen LogP contribution in [0.3, 0.4) is 0 Å². The second kappa shape index (κ2) is 6.29. The van der Waals surface area contributed by atoms with E-state index in [4.69, 9.17) is 5.73 Å². The fourth-order valence-electron chi connectivity index (χ4n) is 3.42. The third-order valence-corrected chi connectivity index (χ3v) is 4.53. The number of aliphatic carboxylic acids is 1. The summed E-state index contributed by atoms with van der Waals surface area (Å²) in [5.41, 5.74) is 9.66. The van der Waals surface area contributed by atoms with E-state index in [1.807, 2.05) is 26.0 Å². The zero-order chi connectivity index (χ0) is 14.7. The molecule has 2 rings (SSSR count). The molecule has 3 nitrogen and oxygen atoms in total. The van der Waals surface area contributed by atoms with Crippen LogP contribution in [0.4, 0.5) is 5.69 Å². The van der Waals surface area contributed by atoms with Gasteiger partial charge in [-0.2, -0.15) is 0 Å². The Morgan fingerprint density at radius 2 is 1.95 bits per heavy atom. The number of nitrogen functional groups attached to an aromatic ring is 1. The van der Waals surface area contributed by atoms with E-state index >= 15 is 0 Å². The number of carboxylic acid groups (broad SMARTS) is 1. The predicted octanol–water partition coefficient (Wildman–Crippen LogP) is 4.02. The van der Waals surface area contributed by atoms with E-state index < -0.39 is 11.9 Å². The first kappa shape index (κ1) is 14.9. The highest BCUT2D eigenvalue weighted by Gasteiger charge is 2.27. The second-order valence-electron chi connectivity index (χ2n) is 6.22. The molecule has 1 unspecified atom stereocenters. The molecule has 0 radical (unpaired) electrons. The minimum atomic E-state index is -0.743. The fraction of sp³-hybridized carbons (Fsp3) is 0.588. The average Bonchev–Trinajstić information content (AvgIpc) is 2.41. The molecule has 0 bridgehead atoms. The topological polar surface area (TPSA) is 63.3 Å². The monoisotopic (exact) mass is 275 g/mol. The number of carbonyl (C=O) groups is 1. The third kappa shape index (κ3) is 3.33. The highest BCUT2D eigenvalue weighted by Crippen LogP contribution is 2.36. The highest BCUT2D eigenvalue weighted by molar-refractivity contribution is 5.79. The maximum Gasteiger partial charge on any atom is 0.311 e. The second-order valence-corrected chi connectivity index (χ2v) is 6.22. The van der Waals surface area contributed by atoms with E-state index in [-0.39, 0.29) is 0 Å². The van der Waals surface area contributed by atoms with Gasteiger partial charge in [0, 0.05) is 5.69 Å². The van der Waals surface area contributed by atoms with Crippen molar-refractivity contribution in [3.05, 3.63) is 28.8 Å². The van der Waals surface area contributed by atoms with Gasteiger partial charge in [0.1, 0.15) is 0 Å². The molecule has 20 heavy (non-hydrogen) atoms. The van der Waals surface area contributed by atoms with Crippen molar-refractivity contribution in [3.8, 4) is 0 Å². The minimum Gasteiger partial charge on any atom is -0.481 e. The first-order chi connectivity index (χ1) is 9.49. The molecule has 3 N–H and O–H groups in total. The first-order valence-electron chi connectivity index (χ1n) is 7.58. The summed E-state index contributed by atoms with van der Waals surface area (Å²) in [5, 5.41) is 9.61. The van der Waals surface area contributed by atoms with Crippen molar-refractivity contribution >= 4 is 11.7 Å². The quantitative estimate of drug-likeness (QED) is 0.816. The number of hydrogen-bond donors (Lipinski definition) is 2. The molecule has 0 spiro atoms. The third-order valence-electron chi connectivity index (χ3n) is 4.53. The maximum absolute atomic E-state index is 11.7. The molecule has 0 heterocycles. The van der Waals surface area contributed by atoms with Crippen molar-refractivity contribution in [2.75, 3.05) is 5.73 Å². The molecule has 110 valence electrons. The number of benzene rings is 1. The van der Waals surface area contributed by atoms with Crippen LogP contribution in [-0.2, 0) is 4.79 Å². The summed E-state index contributed by atoms with van der Waals surface area (Å²) in [5.74, 6) is -0.672. The molecule has 1 atom stereocenters. The number of rotatable bonds is 4. The first-order valence-corrected chi connectivity index (χ1v) is 7.58. The van der Waals surface area contributed by atoms with Crippen LogP contribution >= 0.6 is 0 Å². The number of aryl methyl sites for hydroxylation is 2. The summed E-state index contributed by atoms with van der Waals surface area (Å²) >= 11 is 0. The van der Waals surface area contributed by atoms with E-state index in [9.17, 15) is 9.90 Å². The van der Waals surface area contributed by atoms with Gasteiger partial charge in [-0.3, -0.25) is 4.79 Å². The van der Waals surface area contributed by atoms with Crippen LogP contribution in [0.15, 0.2) is 12.1 Å². The standard InChI is InChI=1S/C17H25NO2/c1-11-8-12(2)16(18)14(9-11)15(17(19)20)10-13-6-4-3-5-7-13/h8-9,13,15H,3-7,10,18H2,1-2H3,(H,19,20). The van der Waals surface area contributed by atoms with E-state index in [0.29, 0.717) is 11.6 Å². The van der Waals surface area contributed by atoms with Crippen molar-refractivity contribution in [2.24, 2.45) is 5.92 Å². The fourth-order valence-corrected chi connectivity index (χ4v) is 3.42. The molecular weight excluding hydrogens is 250 g/mol. The largest absolute Gasteiger partial charge is 0.481 e. The Labute approximate surface area is 121 Å². The lowest BCUT2D eigenvalue weighted by atomic mass is 9.79.